The van der Waals surface area contributed by atoms with Crippen LogP contribution in [0.4, 0.5) is 0 Å². The summed E-state index contributed by atoms with van der Waals surface area (Å²) in [6, 6.07) is 0. The number of terminal acetylenes is 1. The monoisotopic (exact) mass is 496 g/mol. The Morgan fingerprint density at radius 3 is 1.64 bits per heavy atom. The Morgan fingerprint density at radius 2 is 1.43 bits per heavy atom. The minimum Gasteiger partial charge on any atom is -0.315 e. The van der Waals surface area contributed by atoms with Gasteiger partial charge < -0.3 is 9.05 Å². The second-order valence-electron chi connectivity index (χ2n) is 3.93. The fourth-order valence-corrected chi connectivity index (χ4v) is 3.56. The van der Waals surface area contributed by atoms with Crippen LogP contribution in [0.5, 0.6) is 0 Å². The van der Waals surface area contributed by atoms with Crippen LogP contribution in [0.2, 0.25) is 0 Å². The first-order valence-corrected chi connectivity index (χ1v) is 14.2. The van der Waals surface area contributed by atoms with Gasteiger partial charge in [0, 0.05) is 11.5 Å². The molecule has 11 heteroatoms. The van der Waals surface area contributed by atoms with E-state index in [4.69, 9.17) is 15.5 Å². The standard InChI is InChI=1S/C7H16NO2PS.C5H10NO2P.2C2H6S.CH4/c1-4-10-11(9,8-3)6-7-12-5-2;1-4-8-9(7,5-2)6-3;2*1-2-3;/h6-7H,4-5H2,1-3H3,(H,8,9);2H,4H2,1,3H3,(H,6,7);2*3H,2H2,1H3;1H4/b7-6+;;;;. The van der Waals surface area contributed by atoms with Gasteiger partial charge in [-0.3, -0.25) is 9.13 Å². The summed E-state index contributed by atoms with van der Waals surface area (Å²) in [6.45, 7) is 10.4. The molecule has 0 heterocycles. The van der Waals surface area contributed by atoms with Crippen molar-refractivity contribution in [2.75, 3.05) is 44.6 Å². The Hall–Kier alpha value is 0.650. The van der Waals surface area contributed by atoms with Gasteiger partial charge in [0.25, 0.3) is 7.52 Å². The maximum Gasteiger partial charge on any atom is 0.342 e. The molecule has 2 N–H and O–H groups in total. The van der Waals surface area contributed by atoms with Crippen LogP contribution in [0.1, 0.15) is 42.0 Å². The molecule has 0 spiro atoms. The van der Waals surface area contributed by atoms with E-state index in [0.29, 0.717) is 13.2 Å². The summed E-state index contributed by atoms with van der Waals surface area (Å²) in [7, 11) is -2.44. The van der Waals surface area contributed by atoms with E-state index >= 15 is 0 Å². The summed E-state index contributed by atoms with van der Waals surface area (Å²) in [6.07, 6.45) is 4.90. The maximum atomic E-state index is 11.6. The molecule has 0 aromatic heterocycles. The molecule has 2 atom stereocenters. The second kappa shape index (κ2) is 29.8. The average Bonchev–Trinajstić information content (AvgIpc) is 2.64. The molecule has 172 valence electrons. The Bertz CT molecular complexity index is 460. The predicted molar refractivity (Wildman–Crippen MR) is 138 cm³/mol. The first-order valence-electron chi connectivity index (χ1n) is 8.55. The Kier molecular flexibility index (Phi) is 41.7. The van der Waals surface area contributed by atoms with Gasteiger partial charge in [-0.25, -0.2) is 10.2 Å². The fraction of sp³-hybridized carbons (Fsp3) is 0.765. The van der Waals surface area contributed by atoms with Crippen LogP contribution in [0.15, 0.2) is 11.2 Å². The van der Waals surface area contributed by atoms with Gasteiger partial charge in [0.2, 0.25) is 0 Å². The molecule has 0 saturated heterocycles. The van der Waals surface area contributed by atoms with E-state index < -0.39 is 15.0 Å². The summed E-state index contributed by atoms with van der Waals surface area (Å²) in [5.74, 6) is 4.47. The lowest BCUT2D eigenvalue weighted by Gasteiger charge is -2.11. The lowest BCUT2D eigenvalue weighted by molar-refractivity contribution is 0.334. The summed E-state index contributed by atoms with van der Waals surface area (Å²) >= 11 is 9.18. The largest absolute Gasteiger partial charge is 0.342 e. The van der Waals surface area contributed by atoms with Gasteiger partial charge in [0.15, 0.2) is 0 Å². The van der Waals surface area contributed by atoms with Crippen LogP contribution in [0.3, 0.4) is 0 Å². The van der Waals surface area contributed by atoms with Crippen LogP contribution in [-0.4, -0.2) is 44.6 Å². The molecule has 0 rings (SSSR count). The molecule has 6 nitrogen and oxygen atoms in total. The quantitative estimate of drug-likeness (QED) is 0.172. The van der Waals surface area contributed by atoms with Gasteiger partial charge in [0.05, 0.1) is 13.2 Å². The van der Waals surface area contributed by atoms with Crippen molar-refractivity contribution in [3.63, 3.8) is 0 Å². The normalized spacial score (nSPS) is 13.6. The molecule has 0 aromatic rings. The van der Waals surface area contributed by atoms with E-state index in [1.807, 2.05) is 33.1 Å². The van der Waals surface area contributed by atoms with E-state index in [-0.39, 0.29) is 7.43 Å². The van der Waals surface area contributed by atoms with Crippen LogP contribution in [0, 0.1) is 12.1 Å². The highest BCUT2D eigenvalue weighted by Gasteiger charge is 2.14. The Balaban J connectivity index is -0.0000000973. The van der Waals surface area contributed by atoms with Crippen molar-refractivity contribution in [2.45, 2.75) is 42.0 Å². The van der Waals surface area contributed by atoms with Crippen molar-refractivity contribution in [1.82, 2.24) is 10.2 Å². The minimum absolute atomic E-state index is 0. The molecule has 0 fully saturated rings. The molecule has 0 amide bonds. The highest BCUT2D eigenvalue weighted by atomic mass is 32.2. The zero-order valence-electron chi connectivity index (χ0n) is 17.6. The van der Waals surface area contributed by atoms with Gasteiger partial charge in [0.1, 0.15) is 0 Å². The Labute approximate surface area is 190 Å². The van der Waals surface area contributed by atoms with E-state index in [2.05, 4.69) is 41.1 Å². The molecule has 28 heavy (non-hydrogen) atoms. The zero-order chi connectivity index (χ0) is 22.2. The van der Waals surface area contributed by atoms with E-state index in [9.17, 15) is 9.13 Å². The number of nitrogens with one attached hydrogen (secondary N) is 2. The fourth-order valence-electron chi connectivity index (χ4n) is 0.941. The molecule has 0 radical (unpaired) electrons. The summed E-state index contributed by atoms with van der Waals surface area (Å²) in [4.78, 5) is 0. The van der Waals surface area contributed by atoms with Gasteiger partial charge in [-0.15, -0.1) is 18.2 Å². The van der Waals surface area contributed by atoms with Crippen molar-refractivity contribution >= 4 is 52.1 Å². The smallest absolute Gasteiger partial charge is 0.315 e. The summed E-state index contributed by atoms with van der Waals surface area (Å²) in [5.41, 5.74) is 2.05. The predicted octanol–water partition coefficient (Wildman–Crippen LogP) is 6.19. The minimum atomic E-state index is -2.90. The third kappa shape index (κ3) is 31.3. The van der Waals surface area contributed by atoms with Crippen molar-refractivity contribution < 1.29 is 18.2 Å². The summed E-state index contributed by atoms with van der Waals surface area (Å²) < 4.78 is 32.4. The van der Waals surface area contributed by atoms with Crippen molar-refractivity contribution in [3.8, 4) is 12.1 Å². The number of thioether (sulfide) groups is 1. The third-order valence-corrected chi connectivity index (χ3v) is 6.15. The van der Waals surface area contributed by atoms with Gasteiger partial charge in [-0.05, 0) is 50.6 Å². The molecular formula is C17H42N2O4P2S3. The van der Waals surface area contributed by atoms with Gasteiger partial charge in [-0.2, -0.15) is 25.3 Å². The molecule has 0 aliphatic heterocycles. The number of thiol groups is 2. The SMILES string of the molecule is C.C#CP(=O)(NC)OCC.CCOP(=O)(/C=C/SCC)NC.CCS.CCS. The van der Waals surface area contributed by atoms with Gasteiger partial charge in [-0.1, -0.05) is 28.2 Å². The molecule has 0 aliphatic carbocycles. The van der Waals surface area contributed by atoms with Crippen LogP contribution in [-0.2, 0) is 18.2 Å². The van der Waals surface area contributed by atoms with Crippen molar-refractivity contribution in [3.05, 3.63) is 11.2 Å². The second-order valence-corrected chi connectivity index (χ2v) is 10.6. The van der Waals surface area contributed by atoms with E-state index in [1.165, 1.54) is 7.05 Å². The molecule has 2 unspecified atom stereocenters. The number of rotatable bonds is 9. The Morgan fingerprint density at radius 1 is 1.00 bits per heavy atom. The van der Waals surface area contributed by atoms with Crippen LogP contribution < -0.4 is 10.2 Å². The van der Waals surface area contributed by atoms with E-state index in [1.54, 1.807) is 31.6 Å². The summed E-state index contributed by atoms with van der Waals surface area (Å²) in [5, 5.41) is 6.91. The van der Waals surface area contributed by atoms with E-state index in [0.717, 1.165) is 17.3 Å². The van der Waals surface area contributed by atoms with Crippen molar-refractivity contribution in [2.24, 2.45) is 0 Å². The third-order valence-electron chi connectivity index (χ3n) is 1.93. The molecule has 0 aliphatic rings. The topological polar surface area (TPSA) is 76.7 Å². The number of hydrogen-bond donors (Lipinski definition) is 4. The maximum absolute atomic E-state index is 11.6. The molecular weight excluding hydrogens is 454 g/mol. The molecule has 0 bridgehead atoms. The molecule has 0 aromatic carbocycles. The van der Waals surface area contributed by atoms with Crippen LogP contribution in [0.25, 0.3) is 0 Å². The van der Waals surface area contributed by atoms with Crippen molar-refractivity contribution in [1.29, 1.82) is 0 Å². The number of hydrogen-bond acceptors (Lipinski definition) is 7. The average molecular weight is 497 g/mol. The van der Waals surface area contributed by atoms with Gasteiger partial charge >= 0.3 is 7.52 Å². The highest BCUT2D eigenvalue weighted by molar-refractivity contribution is 8.02. The zero-order valence-corrected chi connectivity index (χ0v) is 22.0. The first-order chi connectivity index (χ1) is 12.7. The highest BCUT2D eigenvalue weighted by Crippen LogP contribution is 2.43. The lowest BCUT2D eigenvalue weighted by atomic mass is 10.9. The molecule has 0 saturated carbocycles. The lowest BCUT2D eigenvalue weighted by Crippen LogP contribution is -2.03. The first kappa shape index (κ1) is 39.2. The van der Waals surface area contributed by atoms with Crippen LogP contribution >= 0.6 is 52.1 Å².